The van der Waals surface area contributed by atoms with Crippen LogP contribution >= 0.6 is 11.8 Å². The van der Waals surface area contributed by atoms with Gasteiger partial charge in [-0.2, -0.15) is 0 Å². The molecule has 0 atom stereocenters. The van der Waals surface area contributed by atoms with E-state index in [-0.39, 0.29) is 5.69 Å². The number of para-hydroxylation sites is 1. The fourth-order valence-electron chi connectivity index (χ4n) is 1.81. The number of benzene rings is 2. The highest BCUT2D eigenvalue weighted by Crippen LogP contribution is 2.24. The molecule has 0 bridgehead atoms. The van der Waals surface area contributed by atoms with Crippen LogP contribution in [0.4, 0.5) is 11.4 Å². The van der Waals surface area contributed by atoms with E-state index >= 15 is 0 Å². The molecule has 2 rings (SSSR count). The van der Waals surface area contributed by atoms with E-state index in [4.69, 9.17) is 4.74 Å². The Balaban J connectivity index is 1.80. The van der Waals surface area contributed by atoms with Crippen LogP contribution in [-0.2, 0) is 0 Å². The fraction of sp³-hybridized carbons (Fsp3) is 0.200. The molecule has 0 aliphatic carbocycles. The second kappa shape index (κ2) is 7.54. The quantitative estimate of drug-likeness (QED) is 0.365. The van der Waals surface area contributed by atoms with Crippen LogP contribution in [0.15, 0.2) is 53.4 Å². The molecule has 2 aromatic carbocycles. The first-order valence-electron chi connectivity index (χ1n) is 6.45. The van der Waals surface area contributed by atoms with Crippen molar-refractivity contribution in [2.75, 3.05) is 24.7 Å². The summed E-state index contributed by atoms with van der Waals surface area (Å²) in [5.41, 5.74) is 1.15. The molecule has 110 valence electrons. The molecule has 0 spiro atoms. The summed E-state index contributed by atoms with van der Waals surface area (Å²) in [6.07, 6.45) is 2.04. The Morgan fingerprint density at radius 3 is 2.57 bits per heavy atom. The van der Waals surface area contributed by atoms with Crippen molar-refractivity contribution in [1.29, 1.82) is 0 Å². The monoisotopic (exact) mass is 304 g/mol. The Morgan fingerprint density at radius 1 is 1.19 bits per heavy atom. The van der Waals surface area contributed by atoms with Gasteiger partial charge in [0.25, 0.3) is 5.69 Å². The zero-order chi connectivity index (χ0) is 15.1. The molecular weight excluding hydrogens is 288 g/mol. The SMILES string of the molecule is CSc1ccccc1NCCOc1ccc([N+](=O)[O-])cc1. The number of thioether (sulfide) groups is 1. The van der Waals surface area contributed by atoms with Crippen molar-refractivity contribution in [3.05, 3.63) is 58.6 Å². The predicted molar refractivity (Wildman–Crippen MR) is 85.3 cm³/mol. The van der Waals surface area contributed by atoms with Crippen LogP contribution in [0.1, 0.15) is 0 Å². The molecule has 6 heteroatoms. The van der Waals surface area contributed by atoms with Gasteiger partial charge in [-0.15, -0.1) is 11.8 Å². The first kappa shape index (κ1) is 15.2. The maximum Gasteiger partial charge on any atom is 0.269 e. The standard InChI is InChI=1S/C15H16N2O3S/c1-21-15-5-3-2-4-14(15)16-10-11-20-13-8-6-12(7-9-13)17(18)19/h2-9,16H,10-11H2,1H3. The topological polar surface area (TPSA) is 64.4 Å². The molecule has 0 aliphatic heterocycles. The van der Waals surface area contributed by atoms with E-state index in [2.05, 4.69) is 11.4 Å². The first-order valence-corrected chi connectivity index (χ1v) is 7.67. The number of anilines is 1. The lowest BCUT2D eigenvalue weighted by Crippen LogP contribution is -2.11. The number of hydrogen-bond acceptors (Lipinski definition) is 5. The first-order chi connectivity index (χ1) is 10.2. The highest BCUT2D eigenvalue weighted by atomic mass is 32.2. The van der Waals surface area contributed by atoms with E-state index in [0.29, 0.717) is 18.9 Å². The minimum Gasteiger partial charge on any atom is -0.492 e. The van der Waals surface area contributed by atoms with Crippen LogP contribution in [0.25, 0.3) is 0 Å². The number of nitro groups is 1. The molecule has 0 saturated carbocycles. The third-order valence-electron chi connectivity index (χ3n) is 2.84. The Hall–Kier alpha value is -2.21. The summed E-state index contributed by atoms with van der Waals surface area (Å²) in [6, 6.07) is 14.2. The van der Waals surface area contributed by atoms with Crippen molar-refractivity contribution < 1.29 is 9.66 Å². The lowest BCUT2D eigenvalue weighted by molar-refractivity contribution is -0.384. The maximum absolute atomic E-state index is 10.5. The largest absolute Gasteiger partial charge is 0.492 e. The summed E-state index contributed by atoms with van der Waals surface area (Å²) >= 11 is 1.69. The van der Waals surface area contributed by atoms with Crippen LogP contribution < -0.4 is 10.1 Å². The van der Waals surface area contributed by atoms with Crippen LogP contribution in [0, 0.1) is 10.1 Å². The fourth-order valence-corrected chi connectivity index (χ4v) is 2.38. The second-order valence-corrected chi connectivity index (χ2v) is 5.07. The number of non-ortho nitro benzene ring substituents is 1. The van der Waals surface area contributed by atoms with Crippen molar-refractivity contribution in [2.24, 2.45) is 0 Å². The number of nitrogens with one attached hydrogen (secondary N) is 1. The van der Waals surface area contributed by atoms with E-state index in [9.17, 15) is 10.1 Å². The van der Waals surface area contributed by atoms with Crippen LogP contribution in [0.5, 0.6) is 5.75 Å². The van der Waals surface area contributed by atoms with E-state index < -0.39 is 4.92 Å². The van der Waals surface area contributed by atoms with E-state index in [1.165, 1.54) is 17.0 Å². The summed E-state index contributed by atoms with van der Waals surface area (Å²) in [7, 11) is 0. The number of nitrogens with zero attached hydrogens (tertiary/aromatic N) is 1. The van der Waals surface area contributed by atoms with Crippen LogP contribution in [-0.4, -0.2) is 24.3 Å². The molecule has 0 heterocycles. The lowest BCUT2D eigenvalue weighted by atomic mass is 10.3. The average molecular weight is 304 g/mol. The van der Waals surface area contributed by atoms with Gasteiger partial charge in [-0.3, -0.25) is 10.1 Å². The van der Waals surface area contributed by atoms with Gasteiger partial charge >= 0.3 is 0 Å². The van der Waals surface area contributed by atoms with Crippen molar-refractivity contribution in [1.82, 2.24) is 0 Å². The maximum atomic E-state index is 10.5. The van der Waals surface area contributed by atoms with Crippen molar-refractivity contribution in [3.63, 3.8) is 0 Å². The van der Waals surface area contributed by atoms with Gasteiger partial charge in [0.05, 0.1) is 4.92 Å². The highest BCUT2D eigenvalue weighted by Gasteiger charge is 2.04. The molecule has 0 radical (unpaired) electrons. The van der Waals surface area contributed by atoms with Gasteiger partial charge in [0.2, 0.25) is 0 Å². The summed E-state index contributed by atoms with van der Waals surface area (Å²) in [5, 5.41) is 13.9. The molecule has 0 aromatic heterocycles. The van der Waals surface area contributed by atoms with Gasteiger partial charge in [0, 0.05) is 29.3 Å². The third-order valence-corrected chi connectivity index (χ3v) is 3.64. The van der Waals surface area contributed by atoms with Crippen molar-refractivity contribution in [2.45, 2.75) is 4.90 Å². The zero-order valence-corrected chi connectivity index (χ0v) is 12.4. The second-order valence-electron chi connectivity index (χ2n) is 4.23. The summed E-state index contributed by atoms with van der Waals surface area (Å²) in [6.45, 7) is 1.15. The minimum absolute atomic E-state index is 0.0642. The average Bonchev–Trinajstić information content (AvgIpc) is 2.52. The minimum atomic E-state index is -0.426. The molecular formula is C15H16N2O3S. The van der Waals surface area contributed by atoms with Crippen LogP contribution in [0.2, 0.25) is 0 Å². The van der Waals surface area contributed by atoms with E-state index in [0.717, 1.165) is 5.69 Å². The molecule has 0 saturated heterocycles. The number of ether oxygens (including phenoxy) is 1. The molecule has 0 unspecified atom stereocenters. The smallest absolute Gasteiger partial charge is 0.269 e. The van der Waals surface area contributed by atoms with Crippen molar-refractivity contribution >= 4 is 23.1 Å². The summed E-state index contributed by atoms with van der Waals surface area (Å²) in [5.74, 6) is 0.626. The molecule has 0 aliphatic rings. The van der Waals surface area contributed by atoms with Crippen LogP contribution in [0.3, 0.4) is 0 Å². The zero-order valence-electron chi connectivity index (χ0n) is 11.6. The number of hydrogen-bond donors (Lipinski definition) is 1. The Kier molecular flexibility index (Phi) is 5.45. The van der Waals surface area contributed by atoms with E-state index in [1.54, 1.807) is 23.9 Å². The molecule has 5 nitrogen and oxygen atoms in total. The molecule has 21 heavy (non-hydrogen) atoms. The molecule has 0 fully saturated rings. The number of nitro benzene ring substituents is 1. The molecule has 2 aromatic rings. The summed E-state index contributed by atoms with van der Waals surface area (Å²) < 4.78 is 5.54. The van der Waals surface area contributed by atoms with Gasteiger partial charge < -0.3 is 10.1 Å². The Labute approximate surface area is 127 Å². The van der Waals surface area contributed by atoms with Gasteiger partial charge in [0.15, 0.2) is 0 Å². The Bertz CT molecular complexity index is 602. The van der Waals surface area contributed by atoms with Crippen molar-refractivity contribution in [3.8, 4) is 5.75 Å². The van der Waals surface area contributed by atoms with Gasteiger partial charge in [0.1, 0.15) is 12.4 Å². The summed E-state index contributed by atoms with van der Waals surface area (Å²) in [4.78, 5) is 11.3. The molecule has 1 N–H and O–H groups in total. The van der Waals surface area contributed by atoms with Gasteiger partial charge in [-0.05, 0) is 30.5 Å². The predicted octanol–water partition coefficient (Wildman–Crippen LogP) is 3.81. The van der Waals surface area contributed by atoms with Gasteiger partial charge in [-0.1, -0.05) is 12.1 Å². The third kappa shape index (κ3) is 4.39. The van der Waals surface area contributed by atoms with E-state index in [1.807, 2.05) is 24.5 Å². The highest BCUT2D eigenvalue weighted by molar-refractivity contribution is 7.98. The van der Waals surface area contributed by atoms with Gasteiger partial charge in [-0.25, -0.2) is 0 Å². The normalized spacial score (nSPS) is 10.1. The number of rotatable bonds is 7. The lowest BCUT2D eigenvalue weighted by Gasteiger charge is -2.11. The Morgan fingerprint density at radius 2 is 1.90 bits per heavy atom. The molecule has 0 amide bonds.